The Bertz CT molecular complexity index is 778. The zero-order chi connectivity index (χ0) is 16.3. The summed E-state index contributed by atoms with van der Waals surface area (Å²) in [5.41, 5.74) is 1.55. The van der Waals surface area contributed by atoms with Crippen LogP contribution in [-0.4, -0.2) is 41.4 Å². The maximum absolute atomic E-state index is 11.7. The van der Waals surface area contributed by atoms with E-state index in [2.05, 4.69) is 20.3 Å². The highest BCUT2D eigenvalue weighted by Gasteiger charge is 2.24. The highest BCUT2D eigenvalue weighted by molar-refractivity contribution is 7.91. The zero-order valence-corrected chi connectivity index (χ0v) is 13.9. The smallest absolute Gasteiger partial charge is 0.150 e. The average molecular weight is 332 g/mol. The molecule has 122 valence electrons. The van der Waals surface area contributed by atoms with Crippen LogP contribution < -0.4 is 5.32 Å². The van der Waals surface area contributed by atoms with Gasteiger partial charge in [0, 0.05) is 18.8 Å². The molecule has 1 aliphatic rings. The second kappa shape index (κ2) is 6.62. The van der Waals surface area contributed by atoms with E-state index in [-0.39, 0.29) is 11.7 Å². The predicted octanol–water partition coefficient (Wildman–Crippen LogP) is 2.08. The number of sulfone groups is 1. The van der Waals surface area contributed by atoms with Crippen molar-refractivity contribution in [3.63, 3.8) is 0 Å². The molecule has 2 aromatic rings. The van der Waals surface area contributed by atoms with Gasteiger partial charge in [0.2, 0.25) is 0 Å². The fourth-order valence-corrected chi connectivity index (χ4v) is 4.61. The van der Waals surface area contributed by atoms with Gasteiger partial charge in [0.25, 0.3) is 0 Å². The topological polar surface area (TPSA) is 84.8 Å². The van der Waals surface area contributed by atoms with Crippen molar-refractivity contribution in [1.29, 1.82) is 0 Å². The summed E-state index contributed by atoms with van der Waals surface area (Å²) in [4.78, 5) is 13.1. The lowest BCUT2D eigenvalue weighted by molar-refractivity contribution is 0.501. The molecular formula is C16H20N4O2S. The molecule has 7 heteroatoms. The van der Waals surface area contributed by atoms with E-state index in [9.17, 15) is 8.42 Å². The van der Waals surface area contributed by atoms with Gasteiger partial charge in [-0.2, -0.15) is 0 Å². The third kappa shape index (κ3) is 4.25. The quantitative estimate of drug-likeness (QED) is 0.923. The van der Waals surface area contributed by atoms with E-state index in [1.165, 1.54) is 0 Å². The van der Waals surface area contributed by atoms with Crippen LogP contribution in [0.4, 0.5) is 5.82 Å². The Morgan fingerprint density at radius 1 is 1.26 bits per heavy atom. The van der Waals surface area contributed by atoms with Crippen LogP contribution in [0.1, 0.15) is 18.7 Å². The summed E-state index contributed by atoms with van der Waals surface area (Å²) in [6.45, 7) is 2.44. The van der Waals surface area contributed by atoms with E-state index in [1.54, 1.807) is 6.20 Å². The first kappa shape index (κ1) is 15.9. The predicted molar refractivity (Wildman–Crippen MR) is 89.9 cm³/mol. The van der Waals surface area contributed by atoms with Crippen LogP contribution in [-0.2, 0) is 9.84 Å². The lowest BCUT2D eigenvalue weighted by Gasteiger charge is -2.22. The summed E-state index contributed by atoms with van der Waals surface area (Å²) in [6, 6.07) is 7.53. The first-order chi connectivity index (χ1) is 11.0. The van der Waals surface area contributed by atoms with Crippen LogP contribution in [0.5, 0.6) is 0 Å². The first-order valence-electron chi connectivity index (χ1n) is 7.73. The minimum atomic E-state index is -2.88. The van der Waals surface area contributed by atoms with Crippen molar-refractivity contribution < 1.29 is 8.42 Å². The summed E-state index contributed by atoms with van der Waals surface area (Å²) in [6.07, 6.45) is 3.41. The molecule has 3 heterocycles. The molecule has 0 radical (unpaired) electrons. The maximum Gasteiger partial charge on any atom is 0.150 e. The number of nitrogens with zero attached hydrogens (tertiary/aromatic N) is 3. The number of hydrogen-bond acceptors (Lipinski definition) is 6. The highest BCUT2D eigenvalue weighted by Crippen LogP contribution is 2.21. The Kier molecular flexibility index (Phi) is 4.56. The fraction of sp³-hybridized carbons (Fsp3) is 0.438. The third-order valence-electron chi connectivity index (χ3n) is 3.89. The molecule has 0 amide bonds. The maximum atomic E-state index is 11.7. The number of hydrogen-bond donors (Lipinski definition) is 1. The van der Waals surface area contributed by atoms with Gasteiger partial charge in [0.1, 0.15) is 11.6 Å². The van der Waals surface area contributed by atoms with Crippen molar-refractivity contribution >= 4 is 15.7 Å². The molecule has 0 bridgehead atoms. The first-order valence-corrected chi connectivity index (χ1v) is 9.55. The molecule has 0 spiro atoms. The summed E-state index contributed by atoms with van der Waals surface area (Å²) in [7, 11) is -2.88. The Hall–Kier alpha value is -2.02. The van der Waals surface area contributed by atoms with Gasteiger partial charge in [0.15, 0.2) is 9.84 Å². The highest BCUT2D eigenvalue weighted by atomic mass is 32.2. The molecule has 1 unspecified atom stereocenters. The van der Waals surface area contributed by atoms with E-state index in [1.807, 2.05) is 31.2 Å². The minimum Gasteiger partial charge on any atom is -0.370 e. The number of rotatable bonds is 4. The normalized spacial score (nSPS) is 20.1. The second-order valence-electron chi connectivity index (χ2n) is 5.90. The van der Waals surface area contributed by atoms with Crippen molar-refractivity contribution in [1.82, 2.24) is 15.0 Å². The van der Waals surface area contributed by atoms with Gasteiger partial charge >= 0.3 is 0 Å². The molecule has 6 nitrogen and oxygen atoms in total. The average Bonchev–Trinajstić information content (AvgIpc) is 2.52. The fourth-order valence-electron chi connectivity index (χ4n) is 2.83. The lowest BCUT2D eigenvalue weighted by atomic mass is 10.1. The summed E-state index contributed by atoms with van der Waals surface area (Å²) < 4.78 is 23.4. The molecule has 0 aliphatic carbocycles. The Labute approximate surface area is 136 Å². The van der Waals surface area contributed by atoms with Crippen molar-refractivity contribution in [3.8, 4) is 11.4 Å². The number of nitrogens with one attached hydrogen (secondary N) is 1. The monoisotopic (exact) mass is 332 g/mol. The lowest BCUT2D eigenvalue weighted by Crippen LogP contribution is -2.30. The van der Waals surface area contributed by atoms with E-state index in [0.29, 0.717) is 23.9 Å². The second-order valence-corrected chi connectivity index (χ2v) is 8.13. The van der Waals surface area contributed by atoms with Gasteiger partial charge in [-0.25, -0.2) is 18.4 Å². The molecule has 1 fully saturated rings. The van der Waals surface area contributed by atoms with Crippen LogP contribution in [0.2, 0.25) is 0 Å². The van der Waals surface area contributed by atoms with Crippen LogP contribution in [0.25, 0.3) is 11.4 Å². The van der Waals surface area contributed by atoms with E-state index in [0.717, 1.165) is 24.2 Å². The van der Waals surface area contributed by atoms with Crippen LogP contribution >= 0.6 is 0 Å². The minimum absolute atomic E-state index is 0.141. The molecule has 23 heavy (non-hydrogen) atoms. The Balaban J connectivity index is 1.72. The Morgan fingerprint density at radius 3 is 2.87 bits per heavy atom. The van der Waals surface area contributed by atoms with E-state index >= 15 is 0 Å². The molecule has 2 aromatic heterocycles. The van der Waals surface area contributed by atoms with E-state index < -0.39 is 9.84 Å². The standard InChI is InChI=1S/C16H20N4O2S/c1-12-19-15(14-6-2-3-7-17-14)9-16(20-12)18-10-13-5-4-8-23(21,22)11-13/h2-3,6-7,9,13H,4-5,8,10-11H2,1H3,(H,18,19,20). The number of aromatic nitrogens is 3. The summed E-state index contributed by atoms with van der Waals surface area (Å²) >= 11 is 0. The van der Waals surface area contributed by atoms with Crippen molar-refractivity contribution in [2.24, 2.45) is 5.92 Å². The number of pyridine rings is 1. The molecule has 1 N–H and O–H groups in total. The molecule has 0 aromatic carbocycles. The SMILES string of the molecule is Cc1nc(NCC2CCCS(=O)(=O)C2)cc(-c2ccccn2)n1. The Morgan fingerprint density at radius 2 is 2.13 bits per heavy atom. The van der Waals surface area contributed by atoms with Crippen LogP contribution in [0, 0.1) is 12.8 Å². The third-order valence-corrected chi connectivity index (χ3v) is 5.78. The summed E-state index contributed by atoms with van der Waals surface area (Å²) in [5.74, 6) is 2.09. The molecule has 0 saturated carbocycles. The van der Waals surface area contributed by atoms with Crippen molar-refractivity contribution in [3.05, 3.63) is 36.3 Å². The molecule has 3 rings (SSSR count). The van der Waals surface area contributed by atoms with E-state index in [4.69, 9.17) is 0 Å². The molecule has 1 saturated heterocycles. The van der Waals surface area contributed by atoms with Crippen molar-refractivity contribution in [2.45, 2.75) is 19.8 Å². The van der Waals surface area contributed by atoms with Crippen molar-refractivity contribution in [2.75, 3.05) is 23.4 Å². The number of anilines is 1. The molecule has 1 atom stereocenters. The van der Waals surface area contributed by atoms with Gasteiger partial charge in [0.05, 0.1) is 22.9 Å². The molecular weight excluding hydrogens is 312 g/mol. The van der Waals surface area contributed by atoms with Gasteiger partial charge in [-0.15, -0.1) is 0 Å². The van der Waals surface area contributed by atoms with Gasteiger partial charge in [-0.1, -0.05) is 6.07 Å². The van der Waals surface area contributed by atoms with Gasteiger partial charge < -0.3 is 5.32 Å². The van der Waals surface area contributed by atoms with Crippen LogP contribution in [0.3, 0.4) is 0 Å². The number of aryl methyl sites for hydroxylation is 1. The zero-order valence-electron chi connectivity index (χ0n) is 13.1. The summed E-state index contributed by atoms with van der Waals surface area (Å²) in [5, 5.41) is 3.26. The molecule has 1 aliphatic heterocycles. The van der Waals surface area contributed by atoms with Gasteiger partial charge in [-0.3, -0.25) is 4.98 Å². The van der Waals surface area contributed by atoms with Crippen LogP contribution in [0.15, 0.2) is 30.5 Å². The largest absolute Gasteiger partial charge is 0.370 e. The van der Waals surface area contributed by atoms with Gasteiger partial charge in [-0.05, 0) is 37.8 Å².